The van der Waals surface area contributed by atoms with E-state index in [9.17, 15) is 19.7 Å². The van der Waals surface area contributed by atoms with Gasteiger partial charge in [0.2, 0.25) is 11.8 Å². The first-order valence-electron chi connectivity index (χ1n) is 9.27. The van der Waals surface area contributed by atoms with Gasteiger partial charge in [0.15, 0.2) is 5.17 Å². The van der Waals surface area contributed by atoms with Crippen molar-refractivity contribution in [2.75, 3.05) is 11.5 Å². The molecule has 11 heteroatoms. The molecule has 1 heterocycles. The van der Waals surface area contributed by atoms with Gasteiger partial charge in [-0.3, -0.25) is 19.7 Å². The van der Waals surface area contributed by atoms with E-state index < -0.39 is 16.1 Å². The van der Waals surface area contributed by atoms with Crippen molar-refractivity contribution in [3.63, 3.8) is 0 Å². The number of nitrogens with zero attached hydrogens (tertiary/aromatic N) is 4. The lowest BCUT2D eigenvalue weighted by Gasteiger charge is -2.15. The van der Waals surface area contributed by atoms with Gasteiger partial charge < -0.3 is 10.5 Å². The van der Waals surface area contributed by atoms with E-state index in [1.54, 1.807) is 36.4 Å². The Balaban J connectivity index is 1.67. The fourth-order valence-corrected chi connectivity index (χ4v) is 3.72. The number of amides is 2. The molecule has 0 aliphatic carbocycles. The van der Waals surface area contributed by atoms with Gasteiger partial charge in [-0.05, 0) is 37.3 Å². The van der Waals surface area contributed by atoms with E-state index in [-0.39, 0.29) is 28.7 Å². The highest BCUT2D eigenvalue weighted by atomic mass is 32.2. The molecule has 1 fully saturated rings. The Morgan fingerprint density at radius 2 is 2.00 bits per heavy atom. The number of anilines is 1. The third kappa shape index (κ3) is 5.25. The summed E-state index contributed by atoms with van der Waals surface area (Å²) >= 11 is 0.918. The molecule has 2 aromatic carbocycles. The van der Waals surface area contributed by atoms with Crippen LogP contribution < -0.4 is 15.4 Å². The number of para-hydroxylation sites is 1. The molecular formula is C20H19N5O5S. The summed E-state index contributed by atoms with van der Waals surface area (Å²) in [5.74, 6) is -0.105. The molecule has 1 unspecified atom stereocenters. The average molecular weight is 441 g/mol. The summed E-state index contributed by atoms with van der Waals surface area (Å²) in [5, 5.41) is 17.8. The van der Waals surface area contributed by atoms with Gasteiger partial charge in [-0.1, -0.05) is 23.9 Å². The van der Waals surface area contributed by atoms with Crippen LogP contribution in [0.5, 0.6) is 5.75 Å². The highest BCUT2D eigenvalue weighted by molar-refractivity contribution is 8.14. The maximum Gasteiger partial charge on any atom is 0.278 e. The van der Waals surface area contributed by atoms with Crippen LogP contribution in [0, 0.1) is 10.1 Å². The fourth-order valence-electron chi connectivity index (χ4n) is 2.91. The van der Waals surface area contributed by atoms with E-state index in [2.05, 4.69) is 10.2 Å². The van der Waals surface area contributed by atoms with Gasteiger partial charge in [0.05, 0.1) is 29.0 Å². The van der Waals surface area contributed by atoms with Crippen molar-refractivity contribution in [2.24, 2.45) is 15.9 Å². The van der Waals surface area contributed by atoms with Gasteiger partial charge in [0, 0.05) is 12.5 Å². The van der Waals surface area contributed by atoms with Crippen LogP contribution in [-0.4, -0.2) is 40.0 Å². The smallest absolute Gasteiger partial charge is 0.278 e. The van der Waals surface area contributed by atoms with Gasteiger partial charge in [-0.15, -0.1) is 5.10 Å². The van der Waals surface area contributed by atoms with E-state index in [0.717, 1.165) is 16.7 Å². The van der Waals surface area contributed by atoms with Crippen LogP contribution in [0.2, 0.25) is 0 Å². The van der Waals surface area contributed by atoms with Gasteiger partial charge >= 0.3 is 0 Å². The third-order valence-electron chi connectivity index (χ3n) is 4.26. The first kappa shape index (κ1) is 22.0. The number of benzene rings is 2. The van der Waals surface area contributed by atoms with Crippen molar-refractivity contribution in [1.29, 1.82) is 0 Å². The van der Waals surface area contributed by atoms with Crippen molar-refractivity contribution in [3.05, 3.63) is 64.2 Å². The van der Waals surface area contributed by atoms with Crippen molar-refractivity contribution >= 4 is 46.3 Å². The monoisotopic (exact) mass is 441 g/mol. The standard InChI is InChI=1S/C20H19N5O5S/c1-2-30-15-9-7-14(8-10-15)24-18(26)11-17(19(24)27)31-20(21)23-22-12-13-5-3-4-6-16(13)25(28)29/h3-10,12,17H,2,11H2,1H3,(H2,21,23)/b22-12+. The minimum Gasteiger partial charge on any atom is -0.494 e. The molecule has 160 valence electrons. The molecule has 3 rings (SSSR count). The molecule has 31 heavy (non-hydrogen) atoms. The fraction of sp³-hybridized carbons (Fsp3) is 0.200. The molecule has 1 atom stereocenters. The molecule has 2 aromatic rings. The zero-order chi connectivity index (χ0) is 22.4. The first-order valence-corrected chi connectivity index (χ1v) is 10.1. The van der Waals surface area contributed by atoms with E-state index in [0.29, 0.717) is 18.0 Å². The highest BCUT2D eigenvalue weighted by Gasteiger charge is 2.40. The van der Waals surface area contributed by atoms with Crippen LogP contribution in [0.1, 0.15) is 18.9 Å². The second kappa shape index (κ2) is 9.85. The number of carbonyl (C=O) groups is 2. The van der Waals surface area contributed by atoms with Crippen LogP contribution in [-0.2, 0) is 9.59 Å². The lowest BCUT2D eigenvalue weighted by Crippen LogP contribution is -2.31. The number of amidine groups is 1. The molecule has 10 nitrogen and oxygen atoms in total. The van der Waals surface area contributed by atoms with Crippen molar-refractivity contribution < 1.29 is 19.2 Å². The number of nitro benzene ring substituents is 1. The number of hydrogen-bond donors (Lipinski definition) is 1. The van der Waals surface area contributed by atoms with Gasteiger partial charge in [0.25, 0.3) is 5.69 Å². The normalized spacial score (nSPS) is 16.9. The Kier molecular flexibility index (Phi) is 6.98. The zero-order valence-electron chi connectivity index (χ0n) is 16.5. The summed E-state index contributed by atoms with van der Waals surface area (Å²) in [7, 11) is 0. The number of ether oxygens (including phenoxy) is 1. The summed E-state index contributed by atoms with van der Waals surface area (Å²) in [6, 6.07) is 12.7. The summed E-state index contributed by atoms with van der Waals surface area (Å²) in [4.78, 5) is 36.7. The number of carbonyl (C=O) groups excluding carboxylic acids is 2. The van der Waals surface area contributed by atoms with E-state index in [4.69, 9.17) is 10.5 Å². The van der Waals surface area contributed by atoms with Crippen molar-refractivity contribution in [3.8, 4) is 5.75 Å². The minimum absolute atomic E-state index is 0.0270. The van der Waals surface area contributed by atoms with Crippen LogP contribution in [0.15, 0.2) is 58.7 Å². The molecule has 1 saturated heterocycles. The Morgan fingerprint density at radius 3 is 2.68 bits per heavy atom. The molecule has 2 N–H and O–H groups in total. The first-order chi connectivity index (χ1) is 14.9. The Morgan fingerprint density at radius 1 is 1.29 bits per heavy atom. The van der Waals surface area contributed by atoms with Crippen molar-refractivity contribution in [1.82, 2.24) is 0 Å². The number of imide groups is 1. The molecule has 1 aliphatic rings. The second-order valence-electron chi connectivity index (χ2n) is 6.30. The number of rotatable bonds is 7. The highest BCUT2D eigenvalue weighted by Crippen LogP contribution is 2.30. The van der Waals surface area contributed by atoms with E-state index >= 15 is 0 Å². The molecule has 0 saturated carbocycles. The van der Waals surface area contributed by atoms with Crippen LogP contribution in [0.25, 0.3) is 0 Å². The van der Waals surface area contributed by atoms with E-state index in [1.165, 1.54) is 18.3 Å². The number of nitrogens with two attached hydrogens (primary N) is 1. The zero-order valence-corrected chi connectivity index (χ0v) is 17.3. The lowest BCUT2D eigenvalue weighted by molar-refractivity contribution is -0.385. The number of hydrogen-bond acceptors (Lipinski definition) is 8. The summed E-state index contributed by atoms with van der Waals surface area (Å²) in [5.41, 5.74) is 6.43. The molecule has 0 aromatic heterocycles. The van der Waals surface area contributed by atoms with Gasteiger partial charge in [-0.2, -0.15) is 5.10 Å². The lowest BCUT2D eigenvalue weighted by atomic mass is 10.2. The summed E-state index contributed by atoms with van der Waals surface area (Å²) in [6.07, 6.45) is 1.18. The third-order valence-corrected chi connectivity index (χ3v) is 5.24. The Hall–Kier alpha value is -3.73. The quantitative estimate of drug-likeness (QED) is 0.229. The largest absolute Gasteiger partial charge is 0.494 e. The molecule has 0 bridgehead atoms. The van der Waals surface area contributed by atoms with E-state index in [1.807, 2.05) is 6.92 Å². The Labute approximate surface area is 181 Å². The molecule has 0 radical (unpaired) electrons. The maximum absolute atomic E-state index is 12.7. The number of nitro groups is 1. The topological polar surface area (TPSA) is 140 Å². The van der Waals surface area contributed by atoms with Crippen LogP contribution >= 0.6 is 11.8 Å². The van der Waals surface area contributed by atoms with Crippen LogP contribution in [0.4, 0.5) is 11.4 Å². The maximum atomic E-state index is 12.7. The second-order valence-corrected chi connectivity index (χ2v) is 7.53. The van der Waals surface area contributed by atoms with Crippen LogP contribution in [0.3, 0.4) is 0 Å². The van der Waals surface area contributed by atoms with Gasteiger partial charge in [-0.25, -0.2) is 4.90 Å². The SMILES string of the molecule is CCOc1ccc(N2C(=O)CC(SC(N)=N/N=C/c3ccccc3[N+](=O)[O-])C2=O)cc1. The predicted molar refractivity (Wildman–Crippen MR) is 118 cm³/mol. The van der Waals surface area contributed by atoms with Gasteiger partial charge in [0.1, 0.15) is 11.0 Å². The average Bonchev–Trinajstić information content (AvgIpc) is 3.02. The van der Waals surface area contributed by atoms with Crippen molar-refractivity contribution in [2.45, 2.75) is 18.6 Å². The molecule has 2 amide bonds. The Bertz CT molecular complexity index is 1050. The molecule has 1 aliphatic heterocycles. The summed E-state index contributed by atoms with van der Waals surface area (Å²) < 4.78 is 5.37. The number of thioether (sulfide) groups is 1. The molecule has 0 spiro atoms. The predicted octanol–water partition coefficient (Wildman–Crippen LogP) is 2.71. The molecular weight excluding hydrogens is 422 g/mol. The minimum atomic E-state index is -0.732. The summed E-state index contributed by atoms with van der Waals surface area (Å²) in [6.45, 7) is 2.37.